The monoisotopic (exact) mass is 434 g/mol. The van der Waals surface area contributed by atoms with Crippen LogP contribution in [-0.2, 0) is 16.4 Å². The van der Waals surface area contributed by atoms with Gasteiger partial charge in [0.05, 0.1) is 11.5 Å². The van der Waals surface area contributed by atoms with E-state index in [1.807, 2.05) is 12.1 Å². The highest BCUT2D eigenvalue weighted by Crippen LogP contribution is 2.24. The van der Waals surface area contributed by atoms with Crippen LogP contribution in [-0.4, -0.2) is 49.9 Å². The lowest BCUT2D eigenvalue weighted by Gasteiger charge is -2.29. The van der Waals surface area contributed by atoms with Crippen LogP contribution in [0.3, 0.4) is 0 Å². The second kappa shape index (κ2) is 9.18. The molecule has 0 N–H and O–H groups in total. The first kappa shape index (κ1) is 21.7. The third-order valence-corrected chi connectivity index (χ3v) is 7.42. The summed E-state index contributed by atoms with van der Waals surface area (Å²) in [5, 5.41) is 0.559. The summed E-state index contributed by atoms with van der Waals surface area (Å²) in [6, 6.07) is 14.5. The van der Waals surface area contributed by atoms with Gasteiger partial charge >= 0.3 is 0 Å². The van der Waals surface area contributed by atoms with Crippen LogP contribution in [0.15, 0.2) is 48.5 Å². The van der Waals surface area contributed by atoms with Crippen molar-refractivity contribution in [2.24, 2.45) is 0 Å². The molecule has 1 amide bonds. The van der Waals surface area contributed by atoms with E-state index in [2.05, 4.69) is 30.9 Å². The van der Waals surface area contributed by atoms with E-state index in [1.165, 1.54) is 0 Å². The summed E-state index contributed by atoms with van der Waals surface area (Å²) in [5.74, 6) is -0.0242. The average Bonchev–Trinajstić information content (AvgIpc) is 3.07. The van der Waals surface area contributed by atoms with Crippen molar-refractivity contribution >= 4 is 33.0 Å². The maximum atomic E-state index is 13.2. The fourth-order valence-electron chi connectivity index (χ4n) is 3.74. The minimum atomic E-state index is -3.10. The maximum absolute atomic E-state index is 13.2. The van der Waals surface area contributed by atoms with Crippen molar-refractivity contribution in [3.05, 3.63) is 64.7 Å². The second-order valence-corrected chi connectivity index (χ2v) is 10.0. The van der Waals surface area contributed by atoms with E-state index in [9.17, 15) is 13.2 Å². The zero-order chi connectivity index (χ0) is 21.0. The highest BCUT2D eigenvalue weighted by molar-refractivity contribution is 7.91. The molecule has 29 heavy (non-hydrogen) atoms. The first-order valence-electron chi connectivity index (χ1n) is 9.93. The Kier molecular flexibility index (Phi) is 6.85. The third kappa shape index (κ3) is 5.31. The average molecular weight is 435 g/mol. The van der Waals surface area contributed by atoms with Crippen molar-refractivity contribution in [3.63, 3.8) is 0 Å². The quantitative estimate of drug-likeness (QED) is 0.660. The lowest BCUT2D eigenvalue weighted by molar-refractivity contribution is 0.0681. The van der Waals surface area contributed by atoms with Crippen LogP contribution in [0, 0.1) is 0 Å². The number of carbonyl (C=O) groups excluding carboxylic acids is 1. The van der Waals surface area contributed by atoms with Crippen LogP contribution in [0.1, 0.15) is 36.2 Å². The van der Waals surface area contributed by atoms with E-state index < -0.39 is 9.84 Å². The molecule has 5 nitrogen and oxygen atoms in total. The van der Waals surface area contributed by atoms with Gasteiger partial charge in [-0.2, -0.15) is 0 Å². The number of sulfone groups is 1. The van der Waals surface area contributed by atoms with Gasteiger partial charge in [0.1, 0.15) is 0 Å². The van der Waals surface area contributed by atoms with Gasteiger partial charge in [0, 0.05) is 41.9 Å². The molecule has 0 bridgehead atoms. The van der Waals surface area contributed by atoms with Gasteiger partial charge in [-0.1, -0.05) is 23.7 Å². The van der Waals surface area contributed by atoms with Crippen LogP contribution in [0.25, 0.3) is 0 Å². The Hall–Kier alpha value is -2.05. The third-order valence-electron chi connectivity index (χ3n) is 5.42. The molecule has 0 radical (unpaired) electrons. The van der Waals surface area contributed by atoms with Gasteiger partial charge in [0.15, 0.2) is 9.84 Å². The molecule has 3 rings (SSSR count). The van der Waals surface area contributed by atoms with Gasteiger partial charge in [-0.3, -0.25) is 4.79 Å². The fraction of sp³-hybridized carbons (Fsp3) is 0.409. The van der Waals surface area contributed by atoms with Crippen LogP contribution >= 0.6 is 11.6 Å². The first-order chi connectivity index (χ1) is 13.8. The van der Waals surface area contributed by atoms with Gasteiger partial charge in [-0.25, -0.2) is 8.42 Å². The molecule has 156 valence electrons. The number of halogens is 1. The zero-order valence-electron chi connectivity index (χ0n) is 16.8. The largest absolute Gasteiger partial charge is 0.372 e. The van der Waals surface area contributed by atoms with Gasteiger partial charge in [0.25, 0.3) is 5.91 Å². The topological polar surface area (TPSA) is 57.7 Å². The Morgan fingerprint density at radius 1 is 1.03 bits per heavy atom. The number of amides is 1. The standard InChI is InChI=1S/C22H27ClN2O3S/c1-3-24(4-2)20-11-5-17(6-12-20)15-25(21-13-14-29(27,28)16-21)22(26)18-7-9-19(23)10-8-18/h5-12,21H,3-4,13-16H2,1-2H3. The van der Waals surface area contributed by atoms with Crippen molar-refractivity contribution in [1.82, 2.24) is 4.90 Å². The van der Waals surface area contributed by atoms with Gasteiger partial charge in [-0.05, 0) is 62.2 Å². The highest BCUT2D eigenvalue weighted by Gasteiger charge is 2.35. The minimum absolute atomic E-state index is 0.0177. The van der Waals surface area contributed by atoms with E-state index in [0.29, 0.717) is 23.6 Å². The molecule has 7 heteroatoms. The number of hydrogen-bond donors (Lipinski definition) is 0. The van der Waals surface area contributed by atoms with Crippen molar-refractivity contribution in [3.8, 4) is 0 Å². The van der Waals surface area contributed by atoms with Gasteiger partial charge in [0.2, 0.25) is 0 Å². The van der Waals surface area contributed by atoms with Crippen LogP contribution in [0.4, 0.5) is 5.69 Å². The van der Waals surface area contributed by atoms with Gasteiger partial charge < -0.3 is 9.80 Å². The number of hydrogen-bond acceptors (Lipinski definition) is 4. The molecule has 1 saturated heterocycles. The first-order valence-corrected chi connectivity index (χ1v) is 12.1. The maximum Gasteiger partial charge on any atom is 0.254 e. The van der Waals surface area contributed by atoms with Gasteiger partial charge in [-0.15, -0.1) is 0 Å². The summed E-state index contributed by atoms with van der Waals surface area (Å²) < 4.78 is 24.1. The Bertz CT molecular complexity index is 939. The molecule has 1 aliphatic rings. The zero-order valence-corrected chi connectivity index (χ0v) is 18.4. The molecular formula is C22H27ClN2O3S. The highest BCUT2D eigenvalue weighted by atomic mass is 35.5. The Balaban J connectivity index is 1.85. The summed E-state index contributed by atoms with van der Waals surface area (Å²) in [4.78, 5) is 17.2. The summed E-state index contributed by atoms with van der Waals surface area (Å²) >= 11 is 5.95. The van der Waals surface area contributed by atoms with E-state index >= 15 is 0 Å². The number of anilines is 1. The van der Waals surface area contributed by atoms with E-state index in [1.54, 1.807) is 29.2 Å². The Morgan fingerprint density at radius 2 is 1.66 bits per heavy atom. The molecule has 2 aromatic rings. The fourth-order valence-corrected chi connectivity index (χ4v) is 5.60. The Morgan fingerprint density at radius 3 is 2.17 bits per heavy atom. The number of benzene rings is 2. The predicted octanol–water partition coefficient (Wildman–Crippen LogP) is 4.02. The smallest absolute Gasteiger partial charge is 0.254 e. The normalized spacial score (nSPS) is 17.8. The van der Waals surface area contributed by atoms with Crippen molar-refractivity contribution < 1.29 is 13.2 Å². The summed E-state index contributed by atoms with van der Waals surface area (Å²) in [6.45, 7) is 6.46. The molecule has 1 fully saturated rings. The molecular weight excluding hydrogens is 408 g/mol. The summed E-state index contributed by atoms with van der Waals surface area (Å²) in [5.41, 5.74) is 2.63. The SMILES string of the molecule is CCN(CC)c1ccc(CN(C(=O)c2ccc(Cl)cc2)C2CCS(=O)(=O)C2)cc1. The molecule has 1 heterocycles. The van der Waals surface area contributed by atoms with Crippen molar-refractivity contribution in [1.29, 1.82) is 0 Å². The van der Waals surface area contributed by atoms with Crippen LogP contribution in [0.5, 0.6) is 0 Å². The van der Waals surface area contributed by atoms with E-state index in [0.717, 1.165) is 24.3 Å². The van der Waals surface area contributed by atoms with Crippen molar-refractivity contribution in [2.45, 2.75) is 32.9 Å². The van der Waals surface area contributed by atoms with Crippen molar-refractivity contribution in [2.75, 3.05) is 29.5 Å². The molecule has 1 aliphatic heterocycles. The number of rotatable bonds is 7. The molecule has 1 atom stereocenters. The number of carbonyl (C=O) groups is 1. The lowest BCUT2D eigenvalue weighted by atomic mass is 10.1. The molecule has 0 aromatic heterocycles. The Labute approximate surface area is 178 Å². The minimum Gasteiger partial charge on any atom is -0.372 e. The van der Waals surface area contributed by atoms with Crippen LogP contribution < -0.4 is 4.90 Å². The number of nitrogens with zero attached hydrogens (tertiary/aromatic N) is 2. The molecule has 0 aliphatic carbocycles. The summed E-state index contributed by atoms with van der Waals surface area (Å²) in [7, 11) is -3.10. The molecule has 1 unspecified atom stereocenters. The van der Waals surface area contributed by atoms with E-state index in [4.69, 9.17) is 11.6 Å². The lowest BCUT2D eigenvalue weighted by Crippen LogP contribution is -2.40. The predicted molar refractivity (Wildman–Crippen MR) is 118 cm³/mol. The summed E-state index contributed by atoms with van der Waals surface area (Å²) in [6.07, 6.45) is 0.471. The van der Waals surface area contributed by atoms with E-state index in [-0.39, 0.29) is 23.5 Å². The molecule has 0 saturated carbocycles. The van der Waals surface area contributed by atoms with Crippen LogP contribution in [0.2, 0.25) is 5.02 Å². The molecule has 2 aromatic carbocycles. The second-order valence-electron chi connectivity index (χ2n) is 7.34. The molecule has 0 spiro atoms.